The van der Waals surface area contributed by atoms with E-state index in [-0.39, 0.29) is 21.6 Å². The number of halogens is 1. The minimum absolute atomic E-state index is 0.162. The maximum absolute atomic E-state index is 12.7. The Morgan fingerprint density at radius 1 is 0.667 bits per heavy atom. The van der Waals surface area contributed by atoms with Crippen LogP contribution in [0.25, 0.3) is 11.1 Å². The van der Waals surface area contributed by atoms with Crippen molar-refractivity contribution in [3.05, 3.63) is 141 Å². The van der Waals surface area contributed by atoms with Crippen LogP contribution in [0.2, 0.25) is 5.02 Å². The number of rotatable bonds is 12. The maximum Gasteiger partial charge on any atom is 0.288 e. The number of aromatic nitrogens is 4. The van der Waals surface area contributed by atoms with E-state index in [0.29, 0.717) is 30.1 Å². The second-order valence-corrected chi connectivity index (χ2v) is 15.3. The zero-order chi connectivity index (χ0) is 34.7. The summed E-state index contributed by atoms with van der Waals surface area (Å²) in [6, 6.07) is 24.1. The molecular weight excluding hydrogens is 672 g/mol. The van der Waals surface area contributed by atoms with Crippen LogP contribution >= 0.6 is 11.6 Å². The topological polar surface area (TPSA) is 138 Å². The van der Waals surface area contributed by atoms with Crippen molar-refractivity contribution in [1.29, 1.82) is 0 Å². The van der Waals surface area contributed by atoms with Gasteiger partial charge in [-0.15, -0.1) is 0 Å². The lowest BCUT2D eigenvalue weighted by Gasteiger charge is -2.08. The van der Waals surface area contributed by atoms with Crippen molar-refractivity contribution in [2.24, 2.45) is 0 Å². The molecule has 252 valence electrons. The first-order valence-corrected chi connectivity index (χ1v) is 19.1. The summed E-state index contributed by atoms with van der Waals surface area (Å²) >= 11 is 5.78. The molecule has 0 N–H and O–H groups in total. The fraction of sp³-hybridized carbons (Fsp3) is 0.257. The van der Waals surface area contributed by atoms with Crippen LogP contribution in [0.4, 0.5) is 0 Å². The Kier molecular flexibility index (Phi) is 12.6. The van der Waals surface area contributed by atoms with Gasteiger partial charge in [-0.2, -0.15) is 0 Å². The van der Waals surface area contributed by atoms with Gasteiger partial charge < -0.3 is 9.13 Å². The van der Waals surface area contributed by atoms with Crippen molar-refractivity contribution in [3.63, 3.8) is 0 Å². The Balaban J connectivity index is 0.000000224. The summed E-state index contributed by atoms with van der Waals surface area (Å²) in [6.45, 7) is 4.68. The van der Waals surface area contributed by atoms with Crippen molar-refractivity contribution in [1.82, 2.24) is 19.1 Å². The summed E-state index contributed by atoms with van der Waals surface area (Å²) in [7, 11) is -7.52. The van der Waals surface area contributed by atoms with Gasteiger partial charge in [0.05, 0.1) is 11.5 Å². The molecule has 0 radical (unpaired) electrons. The maximum atomic E-state index is 12.7. The lowest BCUT2D eigenvalue weighted by Crippen LogP contribution is -2.28. The average Bonchev–Trinajstić information content (AvgIpc) is 3.08. The predicted octanol–water partition coefficient (Wildman–Crippen LogP) is 5.62. The van der Waals surface area contributed by atoms with Crippen molar-refractivity contribution >= 4 is 31.3 Å². The first-order valence-electron chi connectivity index (χ1n) is 15.4. The Morgan fingerprint density at radius 3 is 1.81 bits per heavy atom. The molecule has 0 aliphatic carbocycles. The van der Waals surface area contributed by atoms with Gasteiger partial charge in [0.25, 0.3) is 11.1 Å². The molecule has 3 aromatic carbocycles. The fourth-order valence-corrected chi connectivity index (χ4v) is 7.55. The Labute approximate surface area is 285 Å². The molecule has 0 atom stereocenters. The van der Waals surface area contributed by atoms with Crippen LogP contribution in [0.1, 0.15) is 37.8 Å². The zero-order valence-electron chi connectivity index (χ0n) is 26.7. The van der Waals surface area contributed by atoms with Gasteiger partial charge in [0, 0.05) is 42.9 Å². The normalized spacial score (nSPS) is 11.5. The first-order chi connectivity index (χ1) is 22.9. The van der Waals surface area contributed by atoms with E-state index in [1.165, 1.54) is 33.9 Å². The average molecular weight is 709 g/mol. The predicted molar refractivity (Wildman–Crippen MR) is 188 cm³/mol. The van der Waals surface area contributed by atoms with E-state index in [4.69, 9.17) is 11.6 Å². The van der Waals surface area contributed by atoms with E-state index in [0.717, 1.165) is 29.5 Å². The molecule has 0 amide bonds. The second kappa shape index (κ2) is 16.6. The third kappa shape index (κ3) is 9.59. The summed E-state index contributed by atoms with van der Waals surface area (Å²) in [6.07, 6.45) is 7.76. The molecular formula is C35H37ClN4O6S2. The highest BCUT2D eigenvalue weighted by Gasteiger charge is 2.23. The van der Waals surface area contributed by atoms with Crippen LogP contribution in [0.5, 0.6) is 0 Å². The van der Waals surface area contributed by atoms with Crippen molar-refractivity contribution in [2.75, 3.05) is 5.75 Å². The van der Waals surface area contributed by atoms with E-state index in [1.54, 1.807) is 43.3 Å². The molecule has 0 aliphatic rings. The highest BCUT2D eigenvalue weighted by atomic mass is 35.5. The van der Waals surface area contributed by atoms with Crippen molar-refractivity contribution in [3.8, 4) is 11.1 Å². The smallest absolute Gasteiger partial charge is 0.288 e. The number of aryl methyl sites for hydroxylation is 3. The summed E-state index contributed by atoms with van der Waals surface area (Å²) in [4.78, 5) is 32.1. The van der Waals surface area contributed by atoms with E-state index in [2.05, 4.69) is 9.97 Å². The SMILES string of the molecule is CCCCn1ccnc(S(=O)(=O)Cc2ccc(-c3ccccc3)cc2)c1=O.CCn1ccnc(S(=O)(=O)CCc2ccc(Cl)cc2)c1=O. The molecule has 0 spiro atoms. The monoisotopic (exact) mass is 708 g/mol. The van der Waals surface area contributed by atoms with Crippen LogP contribution in [-0.4, -0.2) is 41.7 Å². The van der Waals surface area contributed by atoms with Crippen LogP contribution in [-0.2, 0) is 44.9 Å². The standard InChI is InChI=1S/C21H22N2O3S.C14H15ClN2O3S/c1-2-3-14-23-15-13-22-20(21(23)24)27(25,26)16-17-9-11-19(12-10-17)18-7-5-4-6-8-18;1-2-17-9-8-16-13(14(17)18)21(19,20)10-7-11-3-5-12(15)6-4-11/h4-13,15H,2-3,14,16H2,1H3;3-6,8-9H,2,7,10H2,1H3. The van der Waals surface area contributed by atoms with Crippen LogP contribution in [0.3, 0.4) is 0 Å². The number of hydrogen-bond donors (Lipinski definition) is 0. The molecule has 0 aliphatic heterocycles. The summed E-state index contributed by atoms with van der Waals surface area (Å²) in [5.41, 5.74) is 2.42. The third-order valence-electron chi connectivity index (χ3n) is 7.44. The van der Waals surface area contributed by atoms with Gasteiger partial charge in [-0.3, -0.25) is 9.59 Å². The van der Waals surface area contributed by atoms with E-state index in [9.17, 15) is 26.4 Å². The Bertz CT molecular complexity index is 2150. The minimum Gasteiger partial charge on any atom is -0.312 e. The molecule has 48 heavy (non-hydrogen) atoms. The molecule has 5 aromatic rings. The van der Waals surface area contributed by atoms with Gasteiger partial charge in [0.2, 0.25) is 29.7 Å². The van der Waals surface area contributed by atoms with Crippen molar-refractivity contribution in [2.45, 2.75) is 62.0 Å². The zero-order valence-corrected chi connectivity index (χ0v) is 29.1. The molecule has 0 saturated carbocycles. The molecule has 0 bridgehead atoms. The Hall–Kier alpha value is -4.39. The largest absolute Gasteiger partial charge is 0.312 e. The second-order valence-electron chi connectivity index (χ2n) is 10.9. The van der Waals surface area contributed by atoms with Crippen LogP contribution in [0, 0.1) is 0 Å². The summed E-state index contributed by atoms with van der Waals surface area (Å²) < 4.78 is 52.7. The summed E-state index contributed by atoms with van der Waals surface area (Å²) in [5, 5.41) is -0.175. The quantitative estimate of drug-likeness (QED) is 0.163. The lowest BCUT2D eigenvalue weighted by molar-refractivity contribution is 0.570. The highest BCUT2D eigenvalue weighted by Crippen LogP contribution is 2.21. The van der Waals surface area contributed by atoms with Crippen LogP contribution in [0.15, 0.2) is 123 Å². The number of hydrogen-bond acceptors (Lipinski definition) is 8. The number of nitrogens with zero attached hydrogens (tertiary/aromatic N) is 4. The van der Waals surface area contributed by atoms with Crippen LogP contribution < -0.4 is 11.1 Å². The Morgan fingerprint density at radius 2 is 1.21 bits per heavy atom. The third-order valence-corrected chi connectivity index (χ3v) is 10.9. The molecule has 2 heterocycles. The molecule has 13 heteroatoms. The van der Waals surface area contributed by atoms with Gasteiger partial charge in [0.1, 0.15) is 0 Å². The molecule has 0 fully saturated rings. The van der Waals surface area contributed by atoms with E-state index < -0.39 is 30.8 Å². The number of benzene rings is 3. The molecule has 10 nitrogen and oxygen atoms in total. The fourth-order valence-electron chi connectivity index (χ4n) is 4.75. The molecule has 2 aromatic heterocycles. The van der Waals surface area contributed by atoms with Gasteiger partial charge in [0.15, 0.2) is 0 Å². The minimum atomic E-state index is -3.81. The molecule has 0 saturated heterocycles. The molecule has 5 rings (SSSR count). The number of sulfone groups is 2. The lowest BCUT2D eigenvalue weighted by atomic mass is 10.0. The van der Waals surface area contributed by atoms with Gasteiger partial charge in [-0.1, -0.05) is 91.7 Å². The van der Waals surface area contributed by atoms with Gasteiger partial charge in [-0.25, -0.2) is 26.8 Å². The first kappa shape index (κ1) is 36.4. The van der Waals surface area contributed by atoms with E-state index in [1.807, 2.05) is 49.4 Å². The molecule has 0 unspecified atom stereocenters. The van der Waals surface area contributed by atoms with Crippen molar-refractivity contribution < 1.29 is 16.8 Å². The van der Waals surface area contributed by atoms with Gasteiger partial charge >= 0.3 is 0 Å². The number of unbranched alkanes of at least 4 members (excludes halogenated alkanes) is 1. The van der Waals surface area contributed by atoms with E-state index >= 15 is 0 Å². The highest BCUT2D eigenvalue weighted by molar-refractivity contribution is 7.91. The van der Waals surface area contributed by atoms with Gasteiger partial charge in [-0.05, 0) is 54.2 Å². The summed E-state index contributed by atoms with van der Waals surface area (Å²) in [5.74, 6) is -0.410.